The number of piperidine rings is 1. The van der Waals surface area contributed by atoms with Gasteiger partial charge in [0.25, 0.3) is 0 Å². The molecule has 0 radical (unpaired) electrons. The molecule has 0 amide bonds. The van der Waals surface area contributed by atoms with Crippen LogP contribution in [0, 0.1) is 6.92 Å². The van der Waals surface area contributed by atoms with Crippen molar-refractivity contribution in [3.05, 3.63) is 53.5 Å². The maximum absolute atomic E-state index is 10.3. The number of nitrogens with zero attached hydrogens (tertiary/aromatic N) is 3. The summed E-state index contributed by atoms with van der Waals surface area (Å²) in [6.07, 6.45) is 3.68. The Hall–Kier alpha value is -1.98. The number of hydrogen-bond acceptors (Lipinski definition) is 5. The molecule has 2 heterocycles. The second kappa shape index (κ2) is 9.10. The van der Waals surface area contributed by atoms with Gasteiger partial charge in [-0.3, -0.25) is 0 Å². The monoisotopic (exact) mass is 354 g/mol. The fraction of sp³-hybridized carbons (Fsp3) is 0.524. The predicted octanol–water partition coefficient (Wildman–Crippen LogP) is 3.03. The van der Waals surface area contributed by atoms with Gasteiger partial charge in [-0.05, 0) is 31.7 Å². The summed E-state index contributed by atoms with van der Waals surface area (Å²) in [7, 11) is 0. The van der Waals surface area contributed by atoms with Crippen molar-refractivity contribution in [3.63, 3.8) is 0 Å². The Labute approximate surface area is 156 Å². The predicted molar refractivity (Wildman–Crippen MR) is 105 cm³/mol. The van der Waals surface area contributed by atoms with Crippen LogP contribution < -0.4 is 10.2 Å². The first-order chi connectivity index (χ1) is 12.7. The van der Waals surface area contributed by atoms with Crippen LogP contribution in [0.1, 0.15) is 49.4 Å². The number of hydrogen-bond donors (Lipinski definition) is 2. The first kappa shape index (κ1) is 18.8. The molecule has 3 rings (SSSR count). The van der Waals surface area contributed by atoms with E-state index >= 15 is 0 Å². The summed E-state index contributed by atoms with van der Waals surface area (Å²) < 4.78 is 0. The SMILES string of the molecule is CCCc1nc(C)cc(N2CCC(NCC(O)c3ccccc3)CC2)n1. The molecule has 1 atom stereocenters. The molecule has 1 aliphatic rings. The van der Waals surface area contributed by atoms with Gasteiger partial charge in [-0.1, -0.05) is 37.3 Å². The molecule has 140 valence electrons. The number of aromatic nitrogens is 2. The number of anilines is 1. The number of rotatable bonds is 7. The Morgan fingerprint density at radius 2 is 1.92 bits per heavy atom. The lowest BCUT2D eigenvalue weighted by molar-refractivity contribution is 0.167. The zero-order valence-electron chi connectivity index (χ0n) is 15.9. The molecule has 1 aromatic heterocycles. The van der Waals surface area contributed by atoms with E-state index < -0.39 is 6.10 Å². The minimum absolute atomic E-state index is 0.447. The van der Waals surface area contributed by atoms with Crippen molar-refractivity contribution >= 4 is 5.82 Å². The van der Waals surface area contributed by atoms with Crippen LogP contribution in [0.25, 0.3) is 0 Å². The molecule has 0 aliphatic carbocycles. The summed E-state index contributed by atoms with van der Waals surface area (Å²) in [5, 5.41) is 13.8. The van der Waals surface area contributed by atoms with E-state index in [1.807, 2.05) is 37.3 Å². The average Bonchev–Trinajstić information content (AvgIpc) is 2.67. The Bertz CT molecular complexity index is 684. The second-order valence-corrected chi connectivity index (χ2v) is 7.13. The summed E-state index contributed by atoms with van der Waals surface area (Å²) in [6.45, 7) is 6.78. The molecule has 0 saturated carbocycles. The Kier molecular flexibility index (Phi) is 6.58. The molecule has 5 heteroatoms. The zero-order chi connectivity index (χ0) is 18.4. The van der Waals surface area contributed by atoms with Crippen molar-refractivity contribution < 1.29 is 5.11 Å². The molecule has 2 aromatic rings. The van der Waals surface area contributed by atoms with Crippen molar-refractivity contribution in [2.24, 2.45) is 0 Å². The number of aliphatic hydroxyl groups excluding tert-OH is 1. The molecule has 2 N–H and O–H groups in total. The van der Waals surface area contributed by atoms with Gasteiger partial charge < -0.3 is 15.3 Å². The van der Waals surface area contributed by atoms with E-state index in [4.69, 9.17) is 4.98 Å². The van der Waals surface area contributed by atoms with Gasteiger partial charge in [0.05, 0.1) is 6.10 Å². The normalized spacial score (nSPS) is 16.7. The minimum atomic E-state index is -0.449. The molecular formula is C21H30N4O. The number of benzene rings is 1. The second-order valence-electron chi connectivity index (χ2n) is 7.13. The van der Waals surface area contributed by atoms with Gasteiger partial charge in [0.15, 0.2) is 0 Å². The molecule has 1 unspecified atom stereocenters. The summed E-state index contributed by atoms with van der Waals surface area (Å²) in [6, 6.07) is 12.4. The molecule has 1 saturated heterocycles. The van der Waals surface area contributed by atoms with Crippen LogP contribution in [0.2, 0.25) is 0 Å². The number of aliphatic hydroxyl groups is 1. The van der Waals surface area contributed by atoms with Crippen LogP contribution >= 0.6 is 0 Å². The maximum Gasteiger partial charge on any atom is 0.132 e. The Balaban J connectivity index is 1.50. The Morgan fingerprint density at radius 1 is 1.19 bits per heavy atom. The van der Waals surface area contributed by atoms with Crippen LogP contribution in [0.5, 0.6) is 0 Å². The summed E-state index contributed by atoms with van der Waals surface area (Å²) in [4.78, 5) is 11.6. The molecule has 1 fully saturated rings. The lowest BCUT2D eigenvalue weighted by Crippen LogP contribution is -2.44. The van der Waals surface area contributed by atoms with Gasteiger partial charge in [0, 0.05) is 43.9 Å². The van der Waals surface area contributed by atoms with Crippen molar-refractivity contribution in [2.45, 2.75) is 51.7 Å². The third kappa shape index (κ3) is 5.02. The third-order valence-corrected chi connectivity index (χ3v) is 4.96. The standard InChI is InChI=1S/C21H30N4O/c1-3-7-20-23-16(2)14-21(24-20)25-12-10-18(11-13-25)22-15-19(26)17-8-5-4-6-9-17/h4-6,8-9,14,18-19,22,26H,3,7,10-13,15H2,1-2H3. The fourth-order valence-electron chi connectivity index (χ4n) is 3.49. The summed E-state index contributed by atoms with van der Waals surface area (Å²) in [5.74, 6) is 2.01. The van der Waals surface area contributed by atoms with Gasteiger partial charge in [0.1, 0.15) is 11.6 Å². The van der Waals surface area contributed by atoms with E-state index in [0.717, 1.165) is 61.7 Å². The highest BCUT2D eigenvalue weighted by Crippen LogP contribution is 2.20. The highest BCUT2D eigenvalue weighted by atomic mass is 16.3. The Morgan fingerprint density at radius 3 is 2.62 bits per heavy atom. The summed E-state index contributed by atoms with van der Waals surface area (Å²) in [5.41, 5.74) is 2.02. The van der Waals surface area contributed by atoms with E-state index in [-0.39, 0.29) is 0 Å². The molecule has 1 aliphatic heterocycles. The quantitative estimate of drug-likeness (QED) is 0.800. The fourth-order valence-corrected chi connectivity index (χ4v) is 3.49. The van der Waals surface area contributed by atoms with Crippen LogP contribution in [-0.4, -0.2) is 40.8 Å². The van der Waals surface area contributed by atoms with Gasteiger partial charge >= 0.3 is 0 Å². The number of nitrogens with one attached hydrogen (secondary N) is 1. The average molecular weight is 354 g/mol. The topological polar surface area (TPSA) is 61.3 Å². The molecule has 0 bridgehead atoms. The number of aryl methyl sites for hydroxylation is 2. The maximum atomic E-state index is 10.3. The van der Waals surface area contributed by atoms with Gasteiger partial charge in [0.2, 0.25) is 0 Å². The van der Waals surface area contributed by atoms with Crippen LogP contribution in [-0.2, 0) is 6.42 Å². The van der Waals surface area contributed by atoms with Gasteiger partial charge in [-0.25, -0.2) is 9.97 Å². The first-order valence-corrected chi connectivity index (χ1v) is 9.71. The van der Waals surface area contributed by atoms with Crippen molar-refractivity contribution in [2.75, 3.05) is 24.5 Å². The lowest BCUT2D eigenvalue weighted by atomic mass is 10.0. The van der Waals surface area contributed by atoms with E-state index in [0.29, 0.717) is 12.6 Å². The van der Waals surface area contributed by atoms with E-state index in [2.05, 4.69) is 28.2 Å². The smallest absolute Gasteiger partial charge is 0.132 e. The molecule has 26 heavy (non-hydrogen) atoms. The van der Waals surface area contributed by atoms with Crippen LogP contribution in [0.3, 0.4) is 0 Å². The molecule has 1 aromatic carbocycles. The highest BCUT2D eigenvalue weighted by Gasteiger charge is 2.21. The molecule has 5 nitrogen and oxygen atoms in total. The largest absolute Gasteiger partial charge is 0.387 e. The minimum Gasteiger partial charge on any atom is -0.387 e. The molecular weight excluding hydrogens is 324 g/mol. The molecule has 0 spiro atoms. The van der Waals surface area contributed by atoms with E-state index in [1.54, 1.807) is 0 Å². The first-order valence-electron chi connectivity index (χ1n) is 9.71. The van der Waals surface area contributed by atoms with Gasteiger partial charge in [-0.15, -0.1) is 0 Å². The third-order valence-electron chi connectivity index (χ3n) is 4.96. The summed E-state index contributed by atoms with van der Waals surface area (Å²) >= 11 is 0. The van der Waals surface area contributed by atoms with Crippen LogP contribution in [0.4, 0.5) is 5.82 Å². The van der Waals surface area contributed by atoms with E-state index in [1.165, 1.54) is 0 Å². The van der Waals surface area contributed by atoms with Crippen molar-refractivity contribution in [3.8, 4) is 0 Å². The van der Waals surface area contributed by atoms with Gasteiger partial charge in [-0.2, -0.15) is 0 Å². The zero-order valence-corrected chi connectivity index (χ0v) is 15.9. The van der Waals surface area contributed by atoms with Crippen molar-refractivity contribution in [1.29, 1.82) is 0 Å². The lowest BCUT2D eigenvalue weighted by Gasteiger charge is -2.34. The van der Waals surface area contributed by atoms with Crippen LogP contribution in [0.15, 0.2) is 36.4 Å². The van der Waals surface area contributed by atoms with Crippen molar-refractivity contribution in [1.82, 2.24) is 15.3 Å². The van der Waals surface area contributed by atoms with E-state index in [9.17, 15) is 5.11 Å². The highest BCUT2D eigenvalue weighted by molar-refractivity contribution is 5.40.